The largest absolute Gasteiger partial charge is 0.470 e. The number of carbonyl (C=O) groups is 1. The summed E-state index contributed by atoms with van der Waals surface area (Å²) < 4.78 is 12.1. The Hall–Kier alpha value is -3.46. The molecule has 3 aromatic rings. The third-order valence-electron chi connectivity index (χ3n) is 5.52. The van der Waals surface area contributed by atoms with Gasteiger partial charge in [0.2, 0.25) is 5.88 Å². The molecule has 1 N–H and O–H groups in total. The third kappa shape index (κ3) is 4.57. The van der Waals surface area contributed by atoms with Gasteiger partial charge in [0.1, 0.15) is 12.2 Å². The fraction of sp³-hybridized carbons (Fsp3) is 0.391. The molecule has 1 aromatic carbocycles. The molecule has 1 aliphatic rings. The Morgan fingerprint density at radius 3 is 2.72 bits per heavy atom. The Morgan fingerprint density at radius 1 is 1.25 bits per heavy atom. The van der Waals surface area contributed by atoms with E-state index in [1.54, 1.807) is 24.3 Å². The Labute approximate surface area is 187 Å². The van der Waals surface area contributed by atoms with Crippen molar-refractivity contribution in [3.63, 3.8) is 0 Å². The van der Waals surface area contributed by atoms with Crippen molar-refractivity contribution in [3.8, 4) is 17.1 Å². The minimum absolute atomic E-state index is 0.122. The molecule has 2 aromatic heterocycles. The molecule has 2 amide bonds. The van der Waals surface area contributed by atoms with E-state index in [1.165, 1.54) is 0 Å². The van der Waals surface area contributed by atoms with Crippen LogP contribution in [0, 0.1) is 0 Å². The first-order valence-corrected chi connectivity index (χ1v) is 10.6. The first kappa shape index (κ1) is 21.8. The van der Waals surface area contributed by atoms with Crippen LogP contribution in [0.1, 0.15) is 6.92 Å². The minimum Gasteiger partial charge on any atom is -0.470 e. The van der Waals surface area contributed by atoms with E-state index in [0.717, 1.165) is 16.9 Å². The Bertz CT molecular complexity index is 1090. The molecule has 0 radical (unpaired) electrons. The van der Waals surface area contributed by atoms with Crippen molar-refractivity contribution in [3.05, 3.63) is 42.7 Å². The maximum absolute atomic E-state index is 12.0. The minimum atomic E-state index is -0.341. The summed E-state index contributed by atoms with van der Waals surface area (Å²) in [7, 11) is 5.63. The van der Waals surface area contributed by atoms with E-state index in [-0.39, 0.29) is 18.2 Å². The maximum atomic E-state index is 12.0. The molecule has 4 rings (SSSR count). The normalized spacial score (nSPS) is 17.1. The highest BCUT2D eigenvalue weighted by Crippen LogP contribution is 2.29. The molecule has 2 atom stereocenters. The lowest BCUT2D eigenvalue weighted by molar-refractivity contribution is -0.0646. The number of nitrogens with one attached hydrogen (secondary N) is 1. The monoisotopic (exact) mass is 436 g/mol. The second-order valence-corrected chi connectivity index (χ2v) is 7.91. The van der Waals surface area contributed by atoms with Gasteiger partial charge in [-0.25, -0.2) is 14.8 Å². The van der Waals surface area contributed by atoms with Gasteiger partial charge < -0.3 is 24.6 Å². The molecule has 1 aliphatic heterocycles. The zero-order valence-corrected chi connectivity index (χ0v) is 18.8. The molecule has 1 fully saturated rings. The molecular weight excluding hydrogens is 408 g/mol. The van der Waals surface area contributed by atoms with Crippen LogP contribution in [0.2, 0.25) is 0 Å². The number of fused-ring (bicyclic) bond motifs is 1. The van der Waals surface area contributed by atoms with E-state index in [2.05, 4.69) is 15.3 Å². The highest BCUT2D eigenvalue weighted by molar-refractivity contribution is 5.83. The maximum Gasteiger partial charge on any atom is 0.317 e. The first-order chi connectivity index (χ1) is 15.5. The predicted molar refractivity (Wildman–Crippen MR) is 123 cm³/mol. The standard InChI is InChI=1S/C23H28N6O3/c1-15(20-14-29(11-12-31-20)23(30)24-2)32-22-21-19(25-9-10-26-21)13-18(27-22)16-5-7-17(8-6-16)28(3)4/h5-10,13,15,20H,11-12,14H2,1-4H3,(H,24,30). The number of morpholine rings is 1. The second kappa shape index (κ2) is 9.35. The quantitative estimate of drug-likeness (QED) is 0.657. The van der Waals surface area contributed by atoms with E-state index in [4.69, 9.17) is 14.5 Å². The van der Waals surface area contributed by atoms with Crippen LogP contribution in [0.5, 0.6) is 5.88 Å². The number of carbonyl (C=O) groups excluding carboxylic acids is 1. The number of aromatic nitrogens is 3. The molecule has 32 heavy (non-hydrogen) atoms. The molecule has 0 spiro atoms. The molecule has 0 aliphatic carbocycles. The number of nitrogens with zero attached hydrogens (tertiary/aromatic N) is 5. The van der Waals surface area contributed by atoms with Crippen molar-refractivity contribution in [1.82, 2.24) is 25.2 Å². The van der Waals surface area contributed by atoms with Crippen LogP contribution < -0.4 is 15.0 Å². The molecular formula is C23H28N6O3. The fourth-order valence-corrected chi connectivity index (χ4v) is 3.66. The fourth-order valence-electron chi connectivity index (χ4n) is 3.66. The number of benzene rings is 1. The van der Waals surface area contributed by atoms with Gasteiger partial charge >= 0.3 is 6.03 Å². The number of hydrogen-bond acceptors (Lipinski definition) is 7. The number of ether oxygens (including phenoxy) is 2. The van der Waals surface area contributed by atoms with Gasteiger partial charge in [-0.1, -0.05) is 12.1 Å². The lowest BCUT2D eigenvalue weighted by atomic mass is 10.1. The molecule has 9 heteroatoms. The Kier molecular flexibility index (Phi) is 6.36. The van der Waals surface area contributed by atoms with Gasteiger partial charge in [0.05, 0.1) is 24.4 Å². The summed E-state index contributed by atoms with van der Waals surface area (Å²) in [5.41, 5.74) is 4.11. The molecule has 168 valence electrons. The zero-order chi connectivity index (χ0) is 22.7. The molecule has 1 saturated heterocycles. The van der Waals surface area contributed by atoms with Gasteiger partial charge in [0.25, 0.3) is 0 Å². The summed E-state index contributed by atoms with van der Waals surface area (Å²) in [6, 6.07) is 9.93. The number of amides is 2. The van der Waals surface area contributed by atoms with Crippen molar-refractivity contribution in [2.24, 2.45) is 0 Å². The van der Waals surface area contributed by atoms with E-state index in [9.17, 15) is 4.79 Å². The van der Waals surface area contributed by atoms with Gasteiger partial charge in [-0.05, 0) is 25.1 Å². The molecule has 3 heterocycles. The van der Waals surface area contributed by atoms with Crippen molar-refractivity contribution in [2.75, 3.05) is 45.7 Å². The van der Waals surface area contributed by atoms with Crippen LogP contribution in [0.25, 0.3) is 22.3 Å². The summed E-state index contributed by atoms with van der Waals surface area (Å²) in [5.74, 6) is 0.399. The van der Waals surface area contributed by atoms with Crippen LogP contribution in [-0.2, 0) is 4.74 Å². The van der Waals surface area contributed by atoms with Gasteiger partial charge in [0, 0.05) is 51.3 Å². The van der Waals surface area contributed by atoms with E-state index >= 15 is 0 Å². The second-order valence-electron chi connectivity index (χ2n) is 7.91. The third-order valence-corrected chi connectivity index (χ3v) is 5.52. The van der Waals surface area contributed by atoms with Gasteiger partial charge in [-0.15, -0.1) is 0 Å². The predicted octanol–water partition coefficient (Wildman–Crippen LogP) is 2.57. The van der Waals surface area contributed by atoms with Gasteiger partial charge in [-0.3, -0.25) is 4.98 Å². The highest BCUT2D eigenvalue weighted by Gasteiger charge is 2.30. The number of rotatable bonds is 5. The summed E-state index contributed by atoms with van der Waals surface area (Å²) in [6.07, 6.45) is 2.65. The summed E-state index contributed by atoms with van der Waals surface area (Å²) in [5, 5.41) is 2.66. The number of hydrogen-bond donors (Lipinski definition) is 1. The van der Waals surface area contributed by atoms with Crippen molar-refractivity contribution < 1.29 is 14.3 Å². The van der Waals surface area contributed by atoms with E-state index in [0.29, 0.717) is 36.6 Å². The topological polar surface area (TPSA) is 92.7 Å². The van der Waals surface area contributed by atoms with Crippen LogP contribution in [0.3, 0.4) is 0 Å². The number of anilines is 1. The molecule has 2 unspecified atom stereocenters. The smallest absolute Gasteiger partial charge is 0.317 e. The number of urea groups is 1. The molecule has 0 saturated carbocycles. The lowest BCUT2D eigenvalue weighted by Crippen LogP contribution is -2.52. The van der Waals surface area contributed by atoms with Crippen molar-refractivity contribution >= 4 is 22.8 Å². The van der Waals surface area contributed by atoms with Gasteiger partial charge in [0.15, 0.2) is 5.52 Å². The Balaban J connectivity index is 1.62. The molecule has 0 bridgehead atoms. The van der Waals surface area contributed by atoms with Crippen LogP contribution in [0.4, 0.5) is 10.5 Å². The first-order valence-electron chi connectivity index (χ1n) is 10.6. The van der Waals surface area contributed by atoms with Crippen molar-refractivity contribution in [1.29, 1.82) is 0 Å². The average molecular weight is 437 g/mol. The van der Waals surface area contributed by atoms with Crippen LogP contribution in [-0.4, -0.2) is 78.9 Å². The van der Waals surface area contributed by atoms with Gasteiger partial charge in [-0.2, -0.15) is 0 Å². The number of pyridine rings is 1. The summed E-state index contributed by atoms with van der Waals surface area (Å²) in [6.45, 7) is 3.36. The van der Waals surface area contributed by atoms with Crippen LogP contribution in [0.15, 0.2) is 42.7 Å². The van der Waals surface area contributed by atoms with Crippen molar-refractivity contribution in [2.45, 2.75) is 19.1 Å². The van der Waals surface area contributed by atoms with E-state index < -0.39 is 0 Å². The molecule has 9 nitrogen and oxygen atoms in total. The summed E-state index contributed by atoms with van der Waals surface area (Å²) >= 11 is 0. The van der Waals surface area contributed by atoms with Crippen LogP contribution >= 0.6 is 0 Å². The zero-order valence-electron chi connectivity index (χ0n) is 18.8. The van der Waals surface area contributed by atoms with E-state index in [1.807, 2.05) is 56.3 Å². The summed E-state index contributed by atoms with van der Waals surface area (Å²) in [4.78, 5) is 29.4. The lowest BCUT2D eigenvalue weighted by Gasteiger charge is -2.35. The Morgan fingerprint density at radius 2 is 2.00 bits per heavy atom. The SMILES string of the molecule is CNC(=O)N1CCOC(C(C)Oc2nc(-c3ccc(N(C)C)cc3)cc3nccnc23)C1. The highest BCUT2D eigenvalue weighted by atomic mass is 16.5. The average Bonchev–Trinajstić information content (AvgIpc) is 2.83.